The minimum Gasteiger partial charge on any atom is -0.311 e. The second-order valence-corrected chi connectivity index (χ2v) is 8.45. The van der Waals surface area contributed by atoms with Crippen molar-refractivity contribution in [3.8, 4) is 11.3 Å². The normalized spacial score (nSPS) is 10.9. The van der Waals surface area contributed by atoms with Gasteiger partial charge >= 0.3 is 0 Å². The summed E-state index contributed by atoms with van der Waals surface area (Å²) in [4.78, 5) is 38.1. The van der Waals surface area contributed by atoms with E-state index in [9.17, 15) is 9.59 Å². The Morgan fingerprint density at radius 1 is 1.23 bits per heavy atom. The summed E-state index contributed by atoms with van der Waals surface area (Å²) < 4.78 is 0. The van der Waals surface area contributed by atoms with Gasteiger partial charge < -0.3 is 10.3 Å². The Balaban J connectivity index is 1.64. The molecule has 136 valence electrons. The van der Waals surface area contributed by atoms with E-state index in [0.717, 1.165) is 11.3 Å². The summed E-state index contributed by atoms with van der Waals surface area (Å²) in [5, 5.41) is 5.34. The minimum absolute atomic E-state index is 0.163. The van der Waals surface area contributed by atoms with E-state index >= 15 is 0 Å². The van der Waals surface area contributed by atoms with Gasteiger partial charge in [-0.15, -0.1) is 22.7 Å². The van der Waals surface area contributed by atoms with E-state index in [2.05, 4.69) is 40.2 Å². The molecule has 0 aromatic carbocycles. The van der Waals surface area contributed by atoms with E-state index in [-0.39, 0.29) is 17.9 Å². The van der Waals surface area contributed by atoms with Gasteiger partial charge in [-0.25, -0.2) is 9.97 Å². The van der Waals surface area contributed by atoms with Gasteiger partial charge in [-0.3, -0.25) is 9.59 Å². The zero-order chi connectivity index (χ0) is 18.8. The van der Waals surface area contributed by atoms with Crippen molar-refractivity contribution in [3.63, 3.8) is 0 Å². The van der Waals surface area contributed by atoms with Crippen LogP contribution in [0.1, 0.15) is 33.3 Å². The lowest BCUT2D eigenvalue weighted by molar-refractivity contribution is -0.116. The van der Waals surface area contributed by atoms with Crippen LogP contribution >= 0.6 is 22.7 Å². The fourth-order valence-electron chi connectivity index (χ4n) is 2.81. The van der Waals surface area contributed by atoms with E-state index in [1.165, 1.54) is 21.1 Å². The molecule has 3 rings (SSSR count). The molecule has 0 saturated carbocycles. The monoisotopic (exact) mass is 388 g/mol. The van der Waals surface area contributed by atoms with E-state index in [0.29, 0.717) is 28.6 Å². The third-order valence-corrected chi connectivity index (χ3v) is 5.73. The van der Waals surface area contributed by atoms with Crippen LogP contribution in [0, 0.1) is 27.7 Å². The third kappa shape index (κ3) is 4.08. The van der Waals surface area contributed by atoms with Gasteiger partial charge in [-0.1, -0.05) is 0 Å². The number of hydrogen-bond donors (Lipinski definition) is 2. The fourth-order valence-corrected chi connectivity index (χ4v) is 4.47. The van der Waals surface area contributed by atoms with Gasteiger partial charge in [0.05, 0.1) is 5.69 Å². The van der Waals surface area contributed by atoms with Gasteiger partial charge in [0.15, 0.2) is 5.13 Å². The maximum absolute atomic E-state index is 12.2. The van der Waals surface area contributed by atoms with Gasteiger partial charge in [-0.05, 0) is 40.2 Å². The summed E-state index contributed by atoms with van der Waals surface area (Å²) in [5.74, 6) is 0.415. The van der Waals surface area contributed by atoms with Gasteiger partial charge in [0, 0.05) is 38.4 Å². The van der Waals surface area contributed by atoms with Crippen LogP contribution in [-0.4, -0.2) is 20.9 Å². The number of aryl methyl sites for hydroxylation is 4. The standard InChI is InChI=1S/C18H20N4O2S2/c1-9-7-14(11(3)26-9)15-8-25-18(21-15)22-16(23)6-5-13-10(2)19-12(4)20-17(13)24/h7-8H,5-6H2,1-4H3,(H,19,20,24)(H,21,22,23). The van der Waals surface area contributed by atoms with Gasteiger partial charge in [0.2, 0.25) is 5.91 Å². The predicted octanol–water partition coefficient (Wildman–Crippen LogP) is 3.76. The van der Waals surface area contributed by atoms with E-state index in [1.54, 1.807) is 25.2 Å². The molecule has 0 aliphatic heterocycles. The summed E-state index contributed by atoms with van der Waals surface area (Å²) in [6.45, 7) is 7.66. The van der Waals surface area contributed by atoms with Crippen LogP contribution in [0.4, 0.5) is 5.13 Å². The van der Waals surface area contributed by atoms with Gasteiger partial charge in [0.1, 0.15) is 5.82 Å². The molecule has 6 nitrogen and oxygen atoms in total. The molecule has 3 aromatic heterocycles. The zero-order valence-electron chi connectivity index (χ0n) is 15.1. The van der Waals surface area contributed by atoms with Crippen molar-refractivity contribution in [2.75, 3.05) is 5.32 Å². The highest BCUT2D eigenvalue weighted by molar-refractivity contribution is 7.14. The van der Waals surface area contributed by atoms with Crippen molar-refractivity contribution in [1.29, 1.82) is 0 Å². The number of carbonyl (C=O) groups excluding carboxylic acids is 1. The molecule has 0 spiro atoms. The second kappa shape index (κ2) is 7.51. The number of aromatic amines is 1. The zero-order valence-corrected chi connectivity index (χ0v) is 16.7. The number of H-pyrrole nitrogens is 1. The smallest absolute Gasteiger partial charge is 0.254 e. The first kappa shape index (κ1) is 18.5. The number of aromatic nitrogens is 3. The number of thiazole rings is 1. The molecule has 0 radical (unpaired) electrons. The number of nitrogens with one attached hydrogen (secondary N) is 2. The highest BCUT2D eigenvalue weighted by Crippen LogP contribution is 2.32. The Kier molecular flexibility index (Phi) is 5.33. The average molecular weight is 389 g/mol. The summed E-state index contributed by atoms with van der Waals surface area (Å²) in [5.41, 5.74) is 3.02. The molecule has 0 atom stereocenters. The van der Waals surface area contributed by atoms with Crippen molar-refractivity contribution in [1.82, 2.24) is 15.0 Å². The van der Waals surface area contributed by atoms with Crippen molar-refractivity contribution < 1.29 is 4.79 Å². The van der Waals surface area contributed by atoms with Crippen LogP contribution in [0.15, 0.2) is 16.2 Å². The summed E-state index contributed by atoms with van der Waals surface area (Å²) in [6, 6.07) is 2.11. The molecular weight excluding hydrogens is 368 g/mol. The summed E-state index contributed by atoms with van der Waals surface area (Å²) in [7, 11) is 0. The molecule has 1 amide bonds. The molecule has 0 aliphatic carbocycles. The first-order valence-electron chi connectivity index (χ1n) is 8.22. The number of nitrogens with zero attached hydrogens (tertiary/aromatic N) is 2. The fraction of sp³-hybridized carbons (Fsp3) is 0.333. The number of rotatable bonds is 5. The van der Waals surface area contributed by atoms with Crippen molar-refractivity contribution in [2.24, 2.45) is 0 Å². The van der Waals surface area contributed by atoms with E-state index < -0.39 is 0 Å². The Hall–Kier alpha value is -2.32. The molecule has 26 heavy (non-hydrogen) atoms. The van der Waals surface area contributed by atoms with Crippen molar-refractivity contribution in [3.05, 3.63) is 48.6 Å². The lowest BCUT2D eigenvalue weighted by atomic mass is 10.1. The first-order chi connectivity index (χ1) is 12.3. The van der Waals surface area contributed by atoms with Crippen molar-refractivity contribution in [2.45, 2.75) is 40.5 Å². The van der Waals surface area contributed by atoms with Crippen LogP contribution < -0.4 is 10.9 Å². The largest absolute Gasteiger partial charge is 0.311 e. The molecule has 0 unspecified atom stereocenters. The van der Waals surface area contributed by atoms with Crippen LogP contribution in [0.2, 0.25) is 0 Å². The van der Waals surface area contributed by atoms with E-state index in [1.807, 2.05) is 5.38 Å². The molecule has 0 bridgehead atoms. The lowest BCUT2D eigenvalue weighted by Crippen LogP contribution is -2.20. The Morgan fingerprint density at radius 3 is 2.65 bits per heavy atom. The molecule has 2 N–H and O–H groups in total. The summed E-state index contributed by atoms with van der Waals surface area (Å²) in [6.07, 6.45) is 0.557. The predicted molar refractivity (Wildman–Crippen MR) is 106 cm³/mol. The van der Waals surface area contributed by atoms with Crippen LogP contribution in [-0.2, 0) is 11.2 Å². The Labute approximate surface area is 159 Å². The Morgan fingerprint density at radius 2 is 2.00 bits per heavy atom. The molecule has 3 heterocycles. The second-order valence-electron chi connectivity index (χ2n) is 6.13. The first-order valence-corrected chi connectivity index (χ1v) is 9.92. The molecule has 0 saturated heterocycles. The van der Waals surface area contributed by atoms with Crippen LogP contribution in [0.25, 0.3) is 11.3 Å². The average Bonchev–Trinajstić information content (AvgIpc) is 3.12. The lowest BCUT2D eigenvalue weighted by Gasteiger charge is -2.05. The maximum Gasteiger partial charge on any atom is 0.254 e. The van der Waals surface area contributed by atoms with Gasteiger partial charge in [-0.2, -0.15) is 0 Å². The SMILES string of the molecule is Cc1nc(C)c(CCC(=O)Nc2nc(-c3cc(C)sc3C)cs2)c(=O)[nH]1. The third-order valence-electron chi connectivity index (χ3n) is 4.01. The van der Waals surface area contributed by atoms with Crippen LogP contribution in [0.5, 0.6) is 0 Å². The Bertz CT molecular complexity index is 1020. The highest BCUT2D eigenvalue weighted by Gasteiger charge is 2.13. The summed E-state index contributed by atoms with van der Waals surface area (Å²) >= 11 is 3.14. The highest BCUT2D eigenvalue weighted by atomic mass is 32.1. The molecule has 0 aliphatic rings. The maximum atomic E-state index is 12.2. The van der Waals surface area contributed by atoms with E-state index in [4.69, 9.17) is 0 Å². The van der Waals surface area contributed by atoms with Gasteiger partial charge in [0.25, 0.3) is 5.56 Å². The minimum atomic E-state index is -0.178. The number of hydrogen-bond acceptors (Lipinski definition) is 6. The molecule has 0 fully saturated rings. The number of anilines is 1. The quantitative estimate of drug-likeness (QED) is 0.697. The molecule has 8 heteroatoms. The topological polar surface area (TPSA) is 87.7 Å². The molecular formula is C18H20N4O2S2. The molecule has 3 aromatic rings. The van der Waals surface area contributed by atoms with Crippen molar-refractivity contribution >= 4 is 33.7 Å². The number of thiophene rings is 1. The number of amides is 1. The number of carbonyl (C=O) groups is 1. The van der Waals surface area contributed by atoms with Crippen LogP contribution in [0.3, 0.4) is 0 Å².